The van der Waals surface area contributed by atoms with Crippen molar-refractivity contribution in [3.63, 3.8) is 0 Å². The summed E-state index contributed by atoms with van der Waals surface area (Å²) >= 11 is 0. The van der Waals surface area contributed by atoms with Crippen LogP contribution >= 0.6 is 12.4 Å². The molecule has 0 aliphatic heterocycles. The molecule has 0 radical (unpaired) electrons. The fraction of sp³-hybridized carbons (Fsp3) is 0.125. The molecule has 3 nitrogen and oxygen atoms in total. The topological polar surface area (TPSA) is 60.2 Å². The second-order valence-electron chi connectivity index (χ2n) is 4.96. The highest BCUT2D eigenvalue weighted by molar-refractivity contribution is 6.15. The standard InChI is InChI=1S/C16H9F6NO2.ClH/c17-15(18,19)11-7-3-6-10(12(11)16(20,21)22)13(24)8-4-1-2-5-9(8)14(23)25;/h1-7H,(H2,23,25);1H. The van der Waals surface area contributed by atoms with Crippen molar-refractivity contribution in [2.24, 2.45) is 5.73 Å². The van der Waals surface area contributed by atoms with Gasteiger partial charge in [-0.15, -0.1) is 12.4 Å². The number of ketones is 1. The smallest absolute Gasteiger partial charge is 0.366 e. The number of amides is 1. The summed E-state index contributed by atoms with van der Waals surface area (Å²) in [6, 6.07) is 6.23. The Morgan fingerprint density at radius 3 is 1.69 bits per heavy atom. The number of nitrogens with two attached hydrogens (primary N) is 1. The molecular formula is C16H10ClF6NO2. The van der Waals surface area contributed by atoms with Crippen molar-refractivity contribution >= 4 is 24.1 Å². The van der Waals surface area contributed by atoms with Crippen molar-refractivity contribution in [2.45, 2.75) is 12.4 Å². The second-order valence-corrected chi connectivity index (χ2v) is 4.96. The molecule has 2 aromatic rings. The minimum Gasteiger partial charge on any atom is -0.366 e. The monoisotopic (exact) mass is 397 g/mol. The Bertz CT molecular complexity index is 845. The van der Waals surface area contributed by atoms with Crippen LogP contribution in [0.4, 0.5) is 26.3 Å². The summed E-state index contributed by atoms with van der Waals surface area (Å²) < 4.78 is 78.5. The average molecular weight is 398 g/mol. The largest absolute Gasteiger partial charge is 0.417 e. The van der Waals surface area contributed by atoms with E-state index in [9.17, 15) is 35.9 Å². The molecule has 2 rings (SSSR count). The number of carbonyl (C=O) groups is 2. The summed E-state index contributed by atoms with van der Waals surface area (Å²) in [5, 5.41) is 0. The number of alkyl halides is 6. The number of primary amides is 1. The van der Waals surface area contributed by atoms with E-state index in [1.807, 2.05) is 0 Å². The van der Waals surface area contributed by atoms with Crippen molar-refractivity contribution < 1.29 is 35.9 Å². The van der Waals surface area contributed by atoms with Crippen LogP contribution in [-0.2, 0) is 12.4 Å². The Balaban J connectivity index is 0.00000338. The van der Waals surface area contributed by atoms with Crippen molar-refractivity contribution in [2.75, 3.05) is 0 Å². The third kappa shape index (κ3) is 4.16. The molecule has 0 fully saturated rings. The van der Waals surface area contributed by atoms with Crippen LogP contribution in [-0.4, -0.2) is 11.7 Å². The predicted octanol–water partition coefficient (Wildman–Crippen LogP) is 4.48. The van der Waals surface area contributed by atoms with E-state index in [1.54, 1.807) is 0 Å². The quantitative estimate of drug-likeness (QED) is 0.613. The highest BCUT2D eigenvalue weighted by Gasteiger charge is 2.45. The summed E-state index contributed by atoms with van der Waals surface area (Å²) in [4.78, 5) is 23.8. The molecule has 10 heteroatoms. The maximum absolute atomic E-state index is 13.2. The van der Waals surface area contributed by atoms with Gasteiger partial charge in [0, 0.05) is 11.1 Å². The van der Waals surface area contributed by atoms with Crippen molar-refractivity contribution in [3.8, 4) is 0 Å². The van der Waals surface area contributed by atoms with Crippen molar-refractivity contribution in [1.29, 1.82) is 0 Å². The number of hydrogen-bond donors (Lipinski definition) is 1. The Morgan fingerprint density at radius 1 is 0.731 bits per heavy atom. The molecule has 0 aliphatic rings. The van der Waals surface area contributed by atoms with E-state index in [1.165, 1.54) is 12.1 Å². The van der Waals surface area contributed by atoms with Gasteiger partial charge in [-0.25, -0.2) is 0 Å². The molecule has 0 unspecified atom stereocenters. The lowest BCUT2D eigenvalue weighted by molar-refractivity contribution is -0.162. The minimum absolute atomic E-state index is 0. The normalized spacial score (nSPS) is 11.6. The molecule has 140 valence electrons. The molecule has 1 amide bonds. The van der Waals surface area contributed by atoms with Crippen LogP contribution < -0.4 is 5.73 Å². The zero-order valence-corrected chi connectivity index (χ0v) is 13.4. The number of rotatable bonds is 3. The zero-order valence-electron chi connectivity index (χ0n) is 12.6. The van der Waals surface area contributed by atoms with Crippen LogP contribution in [0.15, 0.2) is 42.5 Å². The molecule has 2 aromatic carbocycles. The molecular weight excluding hydrogens is 388 g/mol. The van der Waals surface area contributed by atoms with E-state index >= 15 is 0 Å². The Kier molecular flexibility index (Phi) is 6.09. The summed E-state index contributed by atoms with van der Waals surface area (Å²) in [7, 11) is 0. The van der Waals surface area contributed by atoms with Crippen LogP contribution in [0.1, 0.15) is 37.4 Å². The highest BCUT2D eigenvalue weighted by Crippen LogP contribution is 2.42. The van der Waals surface area contributed by atoms with E-state index in [0.717, 1.165) is 12.1 Å². The van der Waals surface area contributed by atoms with Gasteiger partial charge >= 0.3 is 12.4 Å². The van der Waals surface area contributed by atoms with Crippen LogP contribution in [0, 0.1) is 0 Å². The molecule has 0 saturated carbocycles. The van der Waals surface area contributed by atoms with Gasteiger partial charge in [0.05, 0.1) is 16.7 Å². The summed E-state index contributed by atoms with van der Waals surface area (Å²) in [6.07, 6.45) is -10.7. The van der Waals surface area contributed by atoms with Crippen LogP contribution in [0.3, 0.4) is 0 Å². The third-order valence-electron chi connectivity index (χ3n) is 3.34. The zero-order chi connectivity index (χ0) is 19.0. The Labute approximate surface area is 149 Å². The SMILES string of the molecule is Cl.NC(=O)c1ccccc1C(=O)c1cccc(C(F)(F)F)c1C(F)(F)F. The summed E-state index contributed by atoms with van der Waals surface area (Å²) in [5.41, 5.74) is -1.15. The van der Waals surface area contributed by atoms with Gasteiger partial charge in [0.25, 0.3) is 0 Å². The second kappa shape index (κ2) is 7.36. The van der Waals surface area contributed by atoms with Gasteiger partial charge < -0.3 is 5.73 Å². The molecule has 0 saturated heterocycles. The first kappa shape index (κ1) is 21.5. The van der Waals surface area contributed by atoms with Crippen LogP contribution in [0.2, 0.25) is 0 Å². The van der Waals surface area contributed by atoms with Gasteiger partial charge in [0.2, 0.25) is 5.91 Å². The minimum atomic E-state index is -5.43. The third-order valence-corrected chi connectivity index (χ3v) is 3.34. The van der Waals surface area contributed by atoms with Crippen molar-refractivity contribution in [1.82, 2.24) is 0 Å². The Hall–Kier alpha value is -2.55. The van der Waals surface area contributed by atoms with E-state index in [4.69, 9.17) is 5.73 Å². The van der Waals surface area contributed by atoms with E-state index in [0.29, 0.717) is 12.1 Å². The molecule has 0 bridgehead atoms. The van der Waals surface area contributed by atoms with Gasteiger partial charge in [-0.05, 0) is 12.1 Å². The summed E-state index contributed by atoms with van der Waals surface area (Å²) in [5.74, 6) is -2.47. The van der Waals surface area contributed by atoms with Gasteiger partial charge in [-0.3, -0.25) is 9.59 Å². The lowest BCUT2D eigenvalue weighted by Crippen LogP contribution is -2.23. The van der Waals surface area contributed by atoms with Gasteiger partial charge in [-0.1, -0.05) is 30.3 Å². The molecule has 2 N–H and O–H groups in total. The fourth-order valence-corrected chi connectivity index (χ4v) is 2.32. The number of carbonyl (C=O) groups excluding carboxylic acids is 2. The summed E-state index contributed by atoms with van der Waals surface area (Å²) in [6.45, 7) is 0. The first-order valence-electron chi connectivity index (χ1n) is 6.65. The van der Waals surface area contributed by atoms with E-state index < -0.39 is 51.9 Å². The molecule has 0 atom stereocenters. The van der Waals surface area contributed by atoms with Gasteiger partial charge in [0.15, 0.2) is 5.78 Å². The van der Waals surface area contributed by atoms with Crippen LogP contribution in [0.5, 0.6) is 0 Å². The Morgan fingerprint density at radius 2 is 1.23 bits per heavy atom. The van der Waals surface area contributed by atoms with E-state index in [-0.39, 0.29) is 18.5 Å². The molecule has 0 heterocycles. The van der Waals surface area contributed by atoms with E-state index in [2.05, 4.69) is 0 Å². The maximum Gasteiger partial charge on any atom is 0.417 e. The number of halogens is 7. The molecule has 0 spiro atoms. The van der Waals surface area contributed by atoms with Crippen LogP contribution in [0.25, 0.3) is 0 Å². The number of benzene rings is 2. The average Bonchev–Trinajstić information content (AvgIpc) is 2.51. The van der Waals surface area contributed by atoms with Gasteiger partial charge in [-0.2, -0.15) is 26.3 Å². The first-order valence-corrected chi connectivity index (χ1v) is 6.65. The number of hydrogen-bond acceptors (Lipinski definition) is 2. The molecule has 0 aromatic heterocycles. The lowest BCUT2D eigenvalue weighted by Gasteiger charge is -2.19. The first-order chi connectivity index (χ1) is 11.4. The highest BCUT2D eigenvalue weighted by atomic mass is 35.5. The maximum atomic E-state index is 13.2. The molecule has 26 heavy (non-hydrogen) atoms. The van der Waals surface area contributed by atoms with Crippen molar-refractivity contribution in [3.05, 3.63) is 70.3 Å². The predicted molar refractivity (Wildman–Crippen MR) is 82.1 cm³/mol. The lowest BCUT2D eigenvalue weighted by atomic mass is 9.91. The molecule has 0 aliphatic carbocycles. The van der Waals surface area contributed by atoms with Gasteiger partial charge in [0.1, 0.15) is 0 Å². The fourth-order valence-electron chi connectivity index (χ4n) is 2.32.